The second-order valence-electron chi connectivity index (χ2n) is 6.59. The summed E-state index contributed by atoms with van der Waals surface area (Å²) in [6, 6.07) is 1.53. The van der Waals surface area contributed by atoms with Crippen molar-refractivity contribution >= 4 is 28.3 Å². The van der Waals surface area contributed by atoms with E-state index in [0.717, 1.165) is 19.3 Å². The zero-order valence-corrected chi connectivity index (χ0v) is 15.6. The Labute approximate surface area is 149 Å². The van der Waals surface area contributed by atoms with Crippen LogP contribution in [0.3, 0.4) is 0 Å². The van der Waals surface area contributed by atoms with E-state index < -0.39 is 10.0 Å². The van der Waals surface area contributed by atoms with Crippen LogP contribution in [0, 0.1) is 11.8 Å². The molecule has 7 nitrogen and oxygen atoms in total. The van der Waals surface area contributed by atoms with E-state index in [9.17, 15) is 13.2 Å². The minimum absolute atomic E-state index is 0. The second-order valence-corrected chi connectivity index (χ2v) is 8.53. The largest absolute Gasteiger partial charge is 0.354 e. The van der Waals surface area contributed by atoms with Gasteiger partial charge in [-0.15, -0.1) is 12.4 Å². The summed E-state index contributed by atoms with van der Waals surface area (Å²) >= 11 is 0. The maximum absolute atomic E-state index is 12.9. The fraction of sp³-hybridized carbons (Fsp3) is 0.667. The number of nitrogens with zero attached hydrogens (tertiary/aromatic N) is 2. The van der Waals surface area contributed by atoms with Crippen LogP contribution in [0.4, 0.5) is 0 Å². The van der Waals surface area contributed by atoms with Crippen LogP contribution in [0.25, 0.3) is 0 Å². The van der Waals surface area contributed by atoms with E-state index in [1.54, 1.807) is 11.6 Å². The van der Waals surface area contributed by atoms with Crippen molar-refractivity contribution in [3.8, 4) is 0 Å². The van der Waals surface area contributed by atoms with Gasteiger partial charge in [-0.2, -0.15) is 4.31 Å². The third-order valence-electron chi connectivity index (χ3n) is 5.20. The summed E-state index contributed by atoms with van der Waals surface area (Å²) < 4.78 is 28.9. The molecule has 2 fully saturated rings. The van der Waals surface area contributed by atoms with Gasteiger partial charge < -0.3 is 15.6 Å². The average Bonchev–Trinajstić information content (AvgIpc) is 3.11. The number of hydrogen-bond acceptors (Lipinski definition) is 4. The van der Waals surface area contributed by atoms with Gasteiger partial charge in [0.05, 0.1) is 0 Å². The van der Waals surface area contributed by atoms with Crippen molar-refractivity contribution in [1.82, 2.24) is 14.2 Å². The number of nitrogens with two attached hydrogens (primary N) is 1. The number of nitrogens with one attached hydrogen (secondary N) is 1. The molecule has 136 valence electrons. The van der Waals surface area contributed by atoms with E-state index in [0.29, 0.717) is 24.7 Å². The van der Waals surface area contributed by atoms with Gasteiger partial charge in [-0.3, -0.25) is 4.79 Å². The molecule has 1 aliphatic carbocycles. The molecule has 3 unspecified atom stereocenters. The first-order valence-corrected chi connectivity index (χ1v) is 9.42. The molecule has 0 aromatic carbocycles. The fourth-order valence-corrected chi connectivity index (χ4v) is 5.46. The number of halogens is 1. The molecule has 1 aliphatic heterocycles. The monoisotopic (exact) mass is 376 g/mol. The highest BCUT2D eigenvalue weighted by molar-refractivity contribution is 7.89. The van der Waals surface area contributed by atoms with Crippen LogP contribution in [0.5, 0.6) is 0 Å². The van der Waals surface area contributed by atoms with E-state index >= 15 is 0 Å². The van der Waals surface area contributed by atoms with Crippen LogP contribution in [0.2, 0.25) is 0 Å². The first-order chi connectivity index (χ1) is 10.8. The molecule has 24 heavy (non-hydrogen) atoms. The zero-order chi connectivity index (χ0) is 16.8. The van der Waals surface area contributed by atoms with Gasteiger partial charge in [0.15, 0.2) is 0 Å². The molecule has 0 spiro atoms. The van der Waals surface area contributed by atoms with Crippen molar-refractivity contribution < 1.29 is 13.2 Å². The third kappa shape index (κ3) is 3.20. The van der Waals surface area contributed by atoms with Gasteiger partial charge in [0.1, 0.15) is 10.6 Å². The van der Waals surface area contributed by atoms with Gasteiger partial charge in [-0.1, -0.05) is 6.42 Å². The Morgan fingerprint density at radius 1 is 1.33 bits per heavy atom. The van der Waals surface area contributed by atoms with Crippen molar-refractivity contribution in [2.75, 3.05) is 20.1 Å². The minimum atomic E-state index is -3.59. The Bertz CT molecular complexity index is 718. The molecular formula is C15H25ClN4O3S. The molecule has 2 heterocycles. The van der Waals surface area contributed by atoms with Crippen molar-refractivity contribution in [3.63, 3.8) is 0 Å². The third-order valence-corrected chi connectivity index (χ3v) is 6.99. The molecule has 1 aromatic heterocycles. The maximum atomic E-state index is 12.9. The van der Waals surface area contributed by atoms with Gasteiger partial charge in [-0.05, 0) is 30.7 Å². The smallest absolute Gasteiger partial charge is 0.267 e. The molecule has 2 aliphatic rings. The number of hydrogen-bond donors (Lipinski definition) is 2. The summed E-state index contributed by atoms with van der Waals surface area (Å²) in [6.45, 7) is 1.02. The maximum Gasteiger partial charge on any atom is 0.267 e. The summed E-state index contributed by atoms with van der Waals surface area (Å²) in [5.41, 5.74) is 6.50. The minimum Gasteiger partial charge on any atom is -0.354 e. The van der Waals surface area contributed by atoms with E-state index in [4.69, 9.17) is 5.73 Å². The van der Waals surface area contributed by atoms with Gasteiger partial charge in [-0.25, -0.2) is 8.42 Å². The van der Waals surface area contributed by atoms with E-state index in [1.807, 2.05) is 0 Å². The van der Waals surface area contributed by atoms with Crippen LogP contribution in [-0.4, -0.2) is 49.4 Å². The number of fused-ring (bicyclic) bond motifs is 1. The highest BCUT2D eigenvalue weighted by Gasteiger charge is 2.43. The number of sulfonamides is 1. The standard InChI is InChI=1S/C15H24N4O3S.ClH/c1-17-15(20)14-6-11(8-18(14)2)23(21,22)19-7-10-4-3-5-13(16)12(10)9-19;/h6,8,10,12-13H,3-5,7,9,16H2,1-2H3,(H,17,20);1H. The van der Waals surface area contributed by atoms with Gasteiger partial charge in [0.25, 0.3) is 5.91 Å². The lowest BCUT2D eigenvalue weighted by Gasteiger charge is -2.29. The van der Waals surface area contributed by atoms with Crippen molar-refractivity contribution in [2.24, 2.45) is 24.6 Å². The van der Waals surface area contributed by atoms with E-state index in [1.165, 1.54) is 23.6 Å². The molecule has 1 amide bonds. The topological polar surface area (TPSA) is 97.4 Å². The quantitative estimate of drug-likeness (QED) is 0.805. The second kappa shape index (κ2) is 7.03. The van der Waals surface area contributed by atoms with Crippen LogP contribution in [-0.2, 0) is 17.1 Å². The Morgan fingerprint density at radius 3 is 2.67 bits per heavy atom. The zero-order valence-electron chi connectivity index (χ0n) is 13.9. The average molecular weight is 377 g/mol. The Hall–Kier alpha value is -1.09. The molecule has 1 saturated carbocycles. The van der Waals surface area contributed by atoms with Crippen LogP contribution in [0.15, 0.2) is 17.2 Å². The summed E-state index contributed by atoms with van der Waals surface area (Å²) in [6.07, 6.45) is 4.59. The normalized spacial score (nSPS) is 27.4. The molecule has 9 heteroatoms. The van der Waals surface area contributed by atoms with Gasteiger partial charge in [0, 0.05) is 39.4 Å². The number of carbonyl (C=O) groups is 1. The lowest BCUT2D eigenvalue weighted by atomic mass is 9.78. The highest BCUT2D eigenvalue weighted by Crippen LogP contribution is 2.37. The summed E-state index contributed by atoms with van der Waals surface area (Å²) in [5, 5.41) is 2.52. The van der Waals surface area contributed by atoms with E-state index in [-0.39, 0.29) is 35.2 Å². The number of carbonyl (C=O) groups excluding carboxylic acids is 1. The molecule has 3 rings (SSSR count). The van der Waals surface area contributed by atoms with Crippen molar-refractivity contribution in [3.05, 3.63) is 18.0 Å². The Morgan fingerprint density at radius 2 is 2.04 bits per heavy atom. The molecule has 3 atom stereocenters. The van der Waals surface area contributed by atoms with Crippen molar-refractivity contribution in [2.45, 2.75) is 30.2 Å². The lowest BCUT2D eigenvalue weighted by Crippen LogP contribution is -2.38. The Kier molecular flexibility index (Phi) is 5.64. The predicted octanol–water partition coefficient (Wildman–Crippen LogP) is 0.554. The number of aromatic nitrogens is 1. The summed E-state index contributed by atoms with van der Waals surface area (Å²) in [7, 11) is -0.393. The molecule has 0 radical (unpaired) electrons. The fourth-order valence-electron chi connectivity index (χ4n) is 3.85. The SMILES string of the molecule is CNC(=O)c1cc(S(=O)(=O)N2CC3CCCC(N)C3C2)cn1C.Cl. The number of rotatable bonds is 3. The lowest BCUT2D eigenvalue weighted by molar-refractivity contribution is 0.0955. The molecule has 1 saturated heterocycles. The van der Waals surface area contributed by atoms with Crippen LogP contribution >= 0.6 is 12.4 Å². The summed E-state index contributed by atoms with van der Waals surface area (Å²) in [5.74, 6) is 0.308. The highest BCUT2D eigenvalue weighted by atomic mass is 35.5. The number of aryl methyl sites for hydroxylation is 1. The first-order valence-electron chi connectivity index (χ1n) is 7.98. The molecule has 3 N–H and O–H groups in total. The Balaban J connectivity index is 0.00000208. The molecule has 0 bridgehead atoms. The van der Waals surface area contributed by atoms with Crippen LogP contribution in [0.1, 0.15) is 29.8 Å². The number of amides is 1. The molecule has 1 aromatic rings. The first kappa shape index (κ1) is 19.2. The molecular weight excluding hydrogens is 352 g/mol. The summed E-state index contributed by atoms with van der Waals surface area (Å²) in [4.78, 5) is 12.0. The van der Waals surface area contributed by atoms with Gasteiger partial charge in [0.2, 0.25) is 10.0 Å². The predicted molar refractivity (Wildman–Crippen MR) is 93.6 cm³/mol. The van der Waals surface area contributed by atoms with Crippen molar-refractivity contribution in [1.29, 1.82) is 0 Å². The van der Waals surface area contributed by atoms with E-state index in [2.05, 4.69) is 5.32 Å². The van der Waals surface area contributed by atoms with Gasteiger partial charge >= 0.3 is 0 Å². The van der Waals surface area contributed by atoms with Crippen LogP contribution < -0.4 is 11.1 Å².